The Morgan fingerprint density at radius 2 is 1.93 bits per heavy atom. The number of carbonyl (C=O) groups is 2. The highest BCUT2D eigenvalue weighted by Crippen LogP contribution is 2.29. The number of hydrogen-bond donors (Lipinski definition) is 3. The van der Waals surface area contributed by atoms with Crippen molar-refractivity contribution in [2.24, 2.45) is 0 Å². The molecule has 0 unspecified atom stereocenters. The maximum absolute atomic E-state index is 14.4. The summed E-state index contributed by atoms with van der Waals surface area (Å²) in [5.41, 5.74) is 0.132. The minimum atomic E-state index is -4.46. The van der Waals surface area contributed by atoms with Gasteiger partial charge in [0.2, 0.25) is 11.8 Å². The van der Waals surface area contributed by atoms with Crippen LogP contribution in [0.4, 0.5) is 17.6 Å². The quantitative estimate of drug-likeness (QED) is 0.416. The molecule has 0 fully saturated rings. The molecule has 1 aliphatic rings. The summed E-state index contributed by atoms with van der Waals surface area (Å²) in [4.78, 5) is 27.3. The summed E-state index contributed by atoms with van der Waals surface area (Å²) in [6, 6.07) is 8.30. The van der Waals surface area contributed by atoms with Gasteiger partial charge in [-0.3, -0.25) is 9.59 Å². The molecule has 0 saturated carbocycles. The van der Waals surface area contributed by atoms with E-state index in [0.717, 1.165) is 25.0 Å². The van der Waals surface area contributed by atoms with Gasteiger partial charge in [0, 0.05) is 45.1 Å². The minimum absolute atomic E-state index is 0.0195. The summed E-state index contributed by atoms with van der Waals surface area (Å²) >= 11 is 0. The third-order valence-corrected chi connectivity index (χ3v) is 6.87. The van der Waals surface area contributed by atoms with Gasteiger partial charge < -0.3 is 25.4 Å². The van der Waals surface area contributed by atoms with Gasteiger partial charge in [-0.2, -0.15) is 13.2 Å². The predicted octanol–water partition coefficient (Wildman–Crippen LogP) is 4.60. The van der Waals surface area contributed by atoms with Crippen LogP contribution in [-0.4, -0.2) is 60.2 Å². The van der Waals surface area contributed by atoms with Crippen LogP contribution in [0.2, 0.25) is 0 Å². The fourth-order valence-electron chi connectivity index (χ4n) is 4.79. The number of ether oxygens (including phenoxy) is 1. The van der Waals surface area contributed by atoms with Crippen molar-refractivity contribution in [3.63, 3.8) is 0 Å². The summed E-state index contributed by atoms with van der Waals surface area (Å²) in [7, 11) is 0. The number of amides is 2. The van der Waals surface area contributed by atoms with Crippen LogP contribution in [0.25, 0.3) is 0 Å². The van der Waals surface area contributed by atoms with E-state index in [9.17, 15) is 32.3 Å². The summed E-state index contributed by atoms with van der Waals surface area (Å²) < 4.78 is 59.3. The second-order valence-electron chi connectivity index (χ2n) is 10.4. The van der Waals surface area contributed by atoms with Gasteiger partial charge in [-0.05, 0) is 61.4 Å². The highest BCUT2D eigenvalue weighted by atomic mass is 19.4. The van der Waals surface area contributed by atoms with Gasteiger partial charge >= 0.3 is 6.18 Å². The summed E-state index contributed by atoms with van der Waals surface area (Å²) in [5, 5.41) is 16.7. The first-order valence-electron chi connectivity index (χ1n) is 14.1. The molecule has 2 atom stereocenters. The molecule has 0 radical (unpaired) electrons. The third-order valence-electron chi connectivity index (χ3n) is 6.87. The molecule has 0 aliphatic carbocycles. The van der Waals surface area contributed by atoms with E-state index < -0.39 is 29.7 Å². The Morgan fingerprint density at radius 3 is 2.68 bits per heavy atom. The number of nitrogens with one attached hydrogen (secondary N) is 2. The van der Waals surface area contributed by atoms with Crippen LogP contribution in [0, 0.1) is 5.82 Å². The maximum atomic E-state index is 14.4. The zero-order chi connectivity index (χ0) is 29.8. The highest BCUT2D eigenvalue weighted by molar-refractivity contribution is 5.79. The molecule has 2 amide bonds. The molecule has 0 saturated heterocycles. The number of aliphatic hydroxyl groups excluding tert-OH is 1. The average molecular weight is 582 g/mol. The first-order valence-corrected chi connectivity index (χ1v) is 14.1. The van der Waals surface area contributed by atoms with Crippen LogP contribution < -0.4 is 15.4 Å². The number of benzene rings is 2. The molecular formula is C30H39F4N3O4. The third kappa shape index (κ3) is 11.0. The van der Waals surface area contributed by atoms with E-state index in [1.165, 1.54) is 18.2 Å². The monoisotopic (exact) mass is 581 g/mol. The molecule has 0 spiro atoms. The first kappa shape index (κ1) is 32.3. The van der Waals surface area contributed by atoms with E-state index in [0.29, 0.717) is 49.4 Å². The smallest absolute Gasteiger partial charge is 0.416 e. The standard InChI is InChI=1S/C30H39F4N3O4/c1-2-11-37-12-3-4-13-41-25-16-22(15-24(31)18-25)17-26(36-28(39)9-6-10-29(37)40)27(38)20-35-19-21-7-5-8-23(14-21)30(32,33)34/h5,7-8,14-16,18,26-27,35,38H,2-4,6,9-13,17,19-20H2,1H3,(H,36,39)/t26-,27+/m0/s1. The Morgan fingerprint density at radius 1 is 1.12 bits per heavy atom. The number of halogens is 4. The molecule has 3 rings (SSSR count). The second kappa shape index (κ2) is 15.7. The van der Waals surface area contributed by atoms with Crippen molar-refractivity contribution in [1.29, 1.82) is 0 Å². The Bertz CT molecular complexity index is 1140. The lowest BCUT2D eigenvalue weighted by Gasteiger charge is -2.25. The lowest BCUT2D eigenvalue weighted by Crippen LogP contribution is -2.48. The molecule has 0 aromatic heterocycles. The highest BCUT2D eigenvalue weighted by Gasteiger charge is 2.30. The minimum Gasteiger partial charge on any atom is -0.493 e. The van der Waals surface area contributed by atoms with Gasteiger partial charge in [-0.1, -0.05) is 25.1 Å². The van der Waals surface area contributed by atoms with Crippen molar-refractivity contribution < 1.29 is 37.0 Å². The van der Waals surface area contributed by atoms with Gasteiger partial charge in [-0.25, -0.2) is 4.39 Å². The van der Waals surface area contributed by atoms with Crippen LogP contribution in [0.15, 0.2) is 42.5 Å². The van der Waals surface area contributed by atoms with Crippen molar-refractivity contribution in [2.75, 3.05) is 26.2 Å². The van der Waals surface area contributed by atoms with Crippen molar-refractivity contribution in [3.8, 4) is 5.75 Å². The van der Waals surface area contributed by atoms with Crippen LogP contribution in [-0.2, 0) is 28.7 Å². The summed E-state index contributed by atoms with van der Waals surface area (Å²) in [6.07, 6.45) is -2.64. The van der Waals surface area contributed by atoms with Crippen LogP contribution in [0.1, 0.15) is 62.1 Å². The first-order chi connectivity index (χ1) is 19.5. The van der Waals surface area contributed by atoms with Gasteiger partial charge in [-0.15, -0.1) is 0 Å². The van der Waals surface area contributed by atoms with Crippen molar-refractivity contribution in [1.82, 2.24) is 15.5 Å². The molecule has 2 aromatic carbocycles. The molecule has 3 N–H and O–H groups in total. The molecule has 1 aliphatic heterocycles. The number of aliphatic hydroxyl groups is 1. The number of nitrogens with zero attached hydrogens (tertiary/aromatic N) is 1. The number of carbonyl (C=O) groups excluding carboxylic acids is 2. The number of fused-ring (bicyclic) bond motifs is 2. The number of hydrogen-bond acceptors (Lipinski definition) is 5. The van der Waals surface area contributed by atoms with Crippen molar-refractivity contribution >= 4 is 11.8 Å². The summed E-state index contributed by atoms with van der Waals surface area (Å²) in [6.45, 7) is 3.58. The fraction of sp³-hybridized carbons (Fsp3) is 0.533. The van der Waals surface area contributed by atoms with Gasteiger partial charge in [0.25, 0.3) is 0 Å². The van der Waals surface area contributed by atoms with Gasteiger partial charge in [0.05, 0.1) is 24.3 Å². The van der Waals surface area contributed by atoms with E-state index >= 15 is 0 Å². The van der Waals surface area contributed by atoms with E-state index in [4.69, 9.17) is 4.74 Å². The van der Waals surface area contributed by atoms with Crippen LogP contribution in [0.5, 0.6) is 5.75 Å². The van der Waals surface area contributed by atoms with E-state index in [1.807, 2.05) is 6.92 Å². The molecular weight excluding hydrogens is 542 g/mol. The molecule has 11 heteroatoms. The normalized spacial score (nSPS) is 18.8. The van der Waals surface area contributed by atoms with Crippen molar-refractivity contribution in [3.05, 3.63) is 65.0 Å². The number of alkyl halides is 3. The Hall–Kier alpha value is -3.18. The number of rotatable bonds is 7. The van der Waals surface area contributed by atoms with Gasteiger partial charge in [0.15, 0.2) is 0 Å². The Labute approximate surface area is 238 Å². The molecule has 41 heavy (non-hydrogen) atoms. The average Bonchev–Trinajstić information content (AvgIpc) is 2.91. The zero-order valence-corrected chi connectivity index (χ0v) is 23.3. The largest absolute Gasteiger partial charge is 0.493 e. The molecule has 2 bridgehead atoms. The lowest BCUT2D eigenvalue weighted by molar-refractivity contribution is -0.137. The second-order valence-corrected chi connectivity index (χ2v) is 10.4. The van der Waals surface area contributed by atoms with Crippen molar-refractivity contribution in [2.45, 2.75) is 76.7 Å². The topological polar surface area (TPSA) is 90.9 Å². The van der Waals surface area contributed by atoms with E-state index in [1.54, 1.807) is 17.0 Å². The van der Waals surface area contributed by atoms with Gasteiger partial charge in [0.1, 0.15) is 11.6 Å². The summed E-state index contributed by atoms with van der Waals surface area (Å²) in [5.74, 6) is -0.571. The zero-order valence-electron chi connectivity index (χ0n) is 23.3. The fourth-order valence-corrected chi connectivity index (χ4v) is 4.79. The Kier molecular flexibility index (Phi) is 12.4. The Balaban J connectivity index is 1.71. The lowest BCUT2D eigenvalue weighted by atomic mass is 10.00. The molecule has 2 aromatic rings. The maximum Gasteiger partial charge on any atom is 0.416 e. The van der Waals surface area contributed by atoms with E-state index in [-0.39, 0.29) is 44.2 Å². The SMILES string of the molecule is CCCN1CCCCOc2cc(F)cc(c2)C[C@@H]([C@H](O)CNCc2cccc(C(F)(F)F)c2)NC(=O)CCCC1=O. The predicted molar refractivity (Wildman–Crippen MR) is 147 cm³/mol. The van der Waals surface area contributed by atoms with Crippen LogP contribution >= 0.6 is 0 Å². The van der Waals surface area contributed by atoms with E-state index in [2.05, 4.69) is 10.6 Å². The molecule has 226 valence electrons. The molecule has 7 nitrogen and oxygen atoms in total. The van der Waals surface area contributed by atoms with Crippen LogP contribution in [0.3, 0.4) is 0 Å². The molecule has 1 heterocycles.